The van der Waals surface area contributed by atoms with Gasteiger partial charge in [-0.1, -0.05) is 24.3 Å². The number of aryl methyl sites for hydroxylation is 1. The Morgan fingerprint density at radius 1 is 1.00 bits per heavy atom. The molecule has 2 aliphatic heterocycles. The van der Waals surface area contributed by atoms with Crippen molar-refractivity contribution in [2.75, 3.05) is 37.6 Å². The summed E-state index contributed by atoms with van der Waals surface area (Å²) in [5.41, 5.74) is 10.1. The Labute approximate surface area is 203 Å². The first kappa shape index (κ1) is 24.0. The number of carbonyl (C=O) groups excluding carboxylic acids is 2. The van der Waals surface area contributed by atoms with E-state index in [0.29, 0.717) is 56.0 Å². The van der Waals surface area contributed by atoms with Crippen molar-refractivity contribution in [1.29, 1.82) is 5.41 Å². The van der Waals surface area contributed by atoms with Gasteiger partial charge in [-0.3, -0.25) is 19.8 Å². The summed E-state index contributed by atoms with van der Waals surface area (Å²) < 4.78 is 0. The number of aliphatic carboxylic acids is 1. The molecule has 1 saturated heterocycles. The molecule has 4 N–H and O–H groups in total. The standard InChI is InChI=1S/C26H29N5O4/c1-17(32)29-12-14-30(15-13-29)22-16-31(21-9-7-20(8-10-21)25(27)28)26(35)24(22)19-5-2-18(3-6-19)4-11-23(33)34/h2-3,5-10H,4,11-16H2,1H3,(H3,27,28)(H,33,34). The van der Waals surface area contributed by atoms with E-state index in [1.54, 1.807) is 36.1 Å². The Kier molecular flexibility index (Phi) is 6.86. The number of nitrogens with one attached hydrogen (secondary N) is 1. The number of nitrogens with zero attached hydrogens (tertiary/aromatic N) is 3. The molecule has 0 unspecified atom stereocenters. The minimum absolute atomic E-state index is 0.0323. The van der Waals surface area contributed by atoms with Crippen molar-refractivity contribution in [3.05, 3.63) is 70.9 Å². The zero-order valence-corrected chi connectivity index (χ0v) is 19.7. The number of benzene rings is 2. The third-order valence-corrected chi connectivity index (χ3v) is 6.52. The summed E-state index contributed by atoms with van der Waals surface area (Å²) in [6.45, 7) is 4.44. The molecule has 0 aliphatic carbocycles. The van der Waals surface area contributed by atoms with E-state index in [1.165, 1.54) is 0 Å². The normalized spacial score (nSPS) is 16.1. The molecule has 0 radical (unpaired) electrons. The average molecular weight is 476 g/mol. The van der Waals surface area contributed by atoms with Crippen molar-refractivity contribution < 1.29 is 19.5 Å². The second-order valence-corrected chi connectivity index (χ2v) is 8.76. The van der Waals surface area contributed by atoms with Crippen LogP contribution in [0, 0.1) is 5.41 Å². The molecule has 1 fully saturated rings. The van der Waals surface area contributed by atoms with Crippen molar-refractivity contribution in [2.24, 2.45) is 5.73 Å². The number of hydrogen-bond donors (Lipinski definition) is 3. The first-order valence-corrected chi connectivity index (χ1v) is 11.6. The Bertz CT molecular complexity index is 1180. The molecular weight excluding hydrogens is 446 g/mol. The molecule has 2 heterocycles. The van der Waals surface area contributed by atoms with Gasteiger partial charge >= 0.3 is 5.97 Å². The maximum absolute atomic E-state index is 13.7. The third-order valence-electron chi connectivity index (χ3n) is 6.52. The molecule has 2 aromatic rings. The lowest BCUT2D eigenvalue weighted by atomic mass is 10.0. The van der Waals surface area contributed by atoms with Crippen LogP contribution < -0.4 is 10.6 Å². The first-order chi connectivity index (χ1) is 16.7. The van der Waals surface area contributed by atoms with Gasteiger partial charge in [-0.05, 0) is 41.8 Å². The Morgan fingerprint density at radius 2 is 1.63 bits per heavy atom. The molecule has 9 heteroatoms. The van der Waals surface area contributed by atoms with Crippen LogP contribution in [-0.2, 0) is 20.8 Å². The van der Waals surface area contributed by atoms with Gasteiger partial charge < -0.3 is 25.5 Å². The van der Waals surface area contributed by atoms with Crippen LogP contribution in [0.3, 0.4) is 0 Å². The van der Waals surface area contributed by atoms with E-state index >= 15 is 0 Å². The lowest BCUT2D eigenvalue weighted by molar-refractivity contribution is -0.137. The van der Waals surface area contributed by atoms with Gasteiger partial charge in [0, 0.05) is 56.5 Å². The van der Waals surface area contributed by atoms with Crippen molar-refractivity contribution >= 4 is 34.9 Å². The van der Waals surface area contributed by atoms with Crippen LogP contribution in [0.15, 0.2) is 54.2 Å². The van der Waals surface area contributed by atoms with E-state index in [0.717, 1.165) is 16.8 Å². The zero-order valence-electron chi connectivity index (χ0n) is 19.7. The Morgan fingerprint density at radius 3 is 2.17 bits per heavy atom. The summed E-state index contributed by atoms with van der Waals surface area (Å²) in [4.78, 5) is 42.1. The van der Waals surface area contributed by atoms with Crippen molar-refractivity contribution in [1.82, 2.24) is 9.80 Å². The Balaban J connectivity index is 1.64. The van der Waals surface area contributed by atoms with Crippen LogP contribution >= 0.6 is 0 Å². The number of nitrogen functional groups attached to an aromatic ring is 1. The van der Waals surface area contributed by atoms with Crippen LogP contribution in [-0.4, -0.2) is 71.2 Å². The number of amides is 2. The minimum Gasteiger partial charge on any atom is -0.481 e. The van der Waals surface area contributed by atoms with Crippen LogP contribution in [0.4, 0.5) is 5.69 Å². The van der Waals surface area contributed by atoms with Crippen molar-refractivity contribution in [3.63, 3.8) is 0 Å². The highest BCUT2D eigenvalue weighted by molar-refractivity contribution is 6.29. The number of rotatable bonds is 7. The monoisotopic (exact) mass is 475 g/mol. The maximum Gasteiger partial charge on any atom is 0.303 e. The number of hydrogen-bond acceptors (Lipinski definition) is 5. The second kappa shape index (κ2) is 10.0. The van der Waals surface area contributed by atoms with E-state index in [-0.39, 0.29) is 24.1 Å². The summed E-state index contributed by atoms with van der Waals surface area (Å²) >= 11 is 0. The number of carboxylic acid groups (broad SMARTS) is 1. The fourth-order valence-electron chi connectivity index (χ4n) is 4.52. The van der Waals surface area contributed by atoms with E-state index in [4.69, 9.17) is 16.2 Å². The van der Waals surface area contributed by atoms with Gasteiger partial charge in [-0.25, -0.2) is 0 Å². The fourth-order valence-corrected chi connectivity index (χ4v) is 4.52. The number of carbonyl (C=O) groups is 3. The second-order valence-electron chi connectivity index (χ2n) is 8.76. The fraction of sp³-hybridized carbons (Fsp3) is 0.308. The summed E-state index contributed by atoms with van der Waals surface area (Å²) in [6.07, 6.45) is 0.480. The summed E-state index contributed by atoms with van der Waals surface area (Å²) in [7, 11) is 0. The van der Waals surface area contributed by atoms with Gasteiger partial charge in [0.25, 0.3) is 5.91 Å². The molecule has 0 bridgehead atoms. The quantitative estimate of drug-likeness (QED) is 0.414. The molecule has 4 rings (SSSR count). The molecule has 0 spiro atoms. The molecule has 0 atom stereocenters. The van der Waals surface area contributed by atoms with E-state index in [9.17, 15) is 14.4 Å². The van der Waals surface area contributed by atoms with E-state index < -0.39 is 5.97 Å². The highest BCUT2D eigenvalue weighted by Gasteiger charge is 2.36. The van der Waals surface area contributed by atoms with Crippen LogP contribution in [0.1, 0.15) is 30.0 Å². The highest BCUT2D eigenvalue weighted by Crippen LogP contribution is 2.34. The molecule has 0 aromatic heterocycles. The smallest absolute Gasteiger partial charge is 0.303 e. The SMILES string of the molecule is CC(=O)N1CCN(C2=C(c3ccc(CCC(=O)O)cc3)C(=O)N(c3ccc(C(=N)N)cc3)C2)CC1. The maximum atomic E-state index is 13.7. The molecule has 9 nitrogen and oxygen atoms in total. The largest absolute Gasteiger partial charge is 0.481 e. The van der Waals surface area contributed by atoms with Crippen LogP contribution in [0.2, 0.25) is 0 Å². The number of anilines is 1. The number of amidine groups is 1. The van der Waals surface area contributed by atoms with Gasteiger partial charge in [-0.2, -0.15) is 0 Å². The minimum atomic E-state index is -0.846. The van der Waals surface area contributed by atoms with Gasteiger partial charge in [0.15, 0.2) is 0 Å². The molecule has 2 amide bonds. The zero-order chi connectivity index (χ0) is 25.1. The highest BCUT2D eigenvalue weighted by atomic mass is 16.4. The molecule has 2 aromatic carbocycles. The summed E-state index contributed by atoms with van der Waals surface area (Å²) in [5.74, 6) is -0.954. The number of carboxylic acids is 1. The summed E-state index contributed by atoms with van der Waals surface area (Å²) in [6, 6.07) is 14.5. The first-order valence-electron chi connectivity index (χ1n) is 11.6. The van der Waals surface area contributed by atoms with Crippen LogP contribution in [0.5, 0.6) is 0 Å². The molecule has 2 aliphatic rings. The number of nitrogens with two attached hydrogens (primary N) is 1. The van der Waals surface area contributed by atoms with Gasteiger partial charge in [0.05, 0.1) is 12.1 Å². The Hall–Kier alpha value is -4.14. The van der Waals surface area contributed by atoms with Gasteiger partial charge in [0.2, 0.25) is 5.91 Å². The third kappa shape index (κ3) is 5.18. The predicted molar refractivity (Wildman–Crippen MR) is 133 cm³/mol. The lowest BCUT2D eigenvalue weighted by Gasteiger charge is -2.36. The lowest BCUT2D eigenvalue weighted by Crippen LogP contribution is -2.48. The van der Waals surface area contributed by atoms with Crippen LogP contribution in [0.25, 0.3) is 5.57 Å². The molecule has 35 heavy (non-hydrogen) atoms. The van der Waals surface area contributed by atoms with E-state index in [2.05, 4.69) is 4.90 Å². The van der Waals surface area contributed by atoms with Gasteiger partial charge in [0.1, 0.15) is 5.84 Å². The average Bonchev–Trinajstić information content (AvgIpc) is 3.20. The summed E-state index contributed by atoms with van der Waals surface area (Å²) in [5, 5.41) is 16.6. The molecule has 0 saturated carbocycles. The predicted octanol–water partition coefficient (Wildman–Crippen LogP) is 1.91. The van der Waals surface area contributed by atoms with Gasteiger partial charge in [-0.15, -0.1) is 0 Å². The molecule has 182 valence electrons. The molecular formula is C26H29N5O4. The number of piperazine rings is 1. The topological polar surface area (TPSA) is 131 Å². The van der Waals surface area contributed by atoms with Crippen molar-refractivity contribution in [2.45, 2.75) is 19.8 Å². The van der Waals surface area contributed by atoms with Crippen molar-refractivity contribution in [3.8, 4) is 0 Å². The van der Waals surface area contributed by atoms with E-state index in [1.807, 2.05) is 29.2 Å².